The van der Waals surface area contributed by atoms with Crippen molar-refractivity contribution in [1.82, 2.24) is 0 Å². The van der Waals surface area contributed by atoms with E-state index in [9.17, 15) is 0 Å². The van der Waals surface area contributed by atoms with E-state index in [1.54, 1.807) is 0 Å². The zero-order valence-corrected chi connectivity index (χ0v) is 38.2. The minimum absolute atomic E-state index is 0. The van der Waals surface area contributed by atoms with Crippen molar-refractivity contribution in [3.63, 3.8) is 0 Å². The van der Waals surface area contributed by atoms with E-state index in [4.69, 9.17) is 27.4 Å². The van der Waals surface area contributed by atoms with Gasteiger partial charge in [-0.25, -0.2) is 0 Å². The Labute approximate surface area is 345 Å². The number of halogens is 4. The summed E-state index contributed by atoms with van der Waals surface area (Å²) in [5.74, 6) is 0. The van der Waals surface area contributed by atoms with Gasteiger partial charge in [0.05, 0.1) is 0 Å². The predicted octanol–water partition coefficient (Wildman–Crippen LogP) is 13.2. The molecule has 0 spiro atoms. The minimum atomic E-state index is -5.38. The van der Waals surface area contributed by atoms with Gasteiger partial charge >= 0.3 is 323 Å². The van der Waals surface area contributed by atoms with Crippen LogP contribution < -0.4 is 9.81 Å². The van der Waals surface area contributed by atoms with Crippen LogP contribution in [0.4, 0.5) is 0 Å². The summed E-state index contributed by atoms with van der Waals surface area (Å²) in [7, 11) is 0. The van der Waals surface area contributed by atoms with E-state index in [-0.39, 0.29) is 35.6 Å². The van der Waals surface area contributed by atoms with Gasteiger partial charge in [-0.2, -0.15) is 0 Å². The zero-order chi connectivity index (χ0) is 37.0. The summed E-state index contributed by atoms with van der Waals surface area (Å²) in [6.07, 6.45) is 8.76. The van der Waals surface area contributed by atoms with Crippen molar-refractivity contribution in [2.45, 2.75) is 79.1 Å². The first-order valence-electron chi connectivity index (χ1n) is 18.6. The molecule has 0 fully saturated rings. The first kappa shape index (κ1) is 40.9. The summed E-state index contributed by atoms with van der Waals surface area (Å²) in [6, 6.07) is 34.0. The summed E-state index contributed by atoms with van der Waals surface area (Å²) in [4.78, 5) is 0. The number of rotatable bonds is 4. The monoisotopic (exact) mass is 868 g/mol. The van der Waals surface area contributed by atoms with Crippen molar-refractivity contribution in [1.29, 1.82) is 0 Å². The van der Waals surface area contributed by atoms with Crippen LogP contribution in [-0.4, -0.2) is 4.21 Å². The molecule has 0 heterocycles. The van der Waals surface area contributed by atoms with Gasteiger partial charge in [-0.05, 0) is 0 Å². The Hall–Kier alpha value is -2.77. The molecule has 0 unspecified atom stereocenters. The molecular weight excluding hydrogens is 822 g/mol. The number of allylic oxidation sites excluding steroid dienone is 4. The molecule has 5 heteroatoms. The molecule has 0 N–H and O–H groups in total. The molecule has 0 amide bonds. The first-order valence-corrected chi connectivity index (χ1v) is 26.0. The van der Waals surface area contributed by atoms with E-state index >= 15 is 0 Å². The summed E-state index contributed by atoms with van der Waals surface area (Å²) < 4.78 is 11.6. The zero-order valence-electron chi connectivity index (χ0n) is 32.6. The molecule has 0 atom stereocenters. The molecule has 0 radical (unpaired) electrons. The Morgan fingerprint density at radius 1 is 0.630 bits per heavy atom. The van der Waals surface area contributed by atoms with Crippen molar-refractivity contribution in [2.75, 3.05) is 0 Å². The van der Waals surface area contributed by atoms with Crippen molar-refractivity contribution in [2.24, 2.45) is 0 Å². The van der Waals surface area contributed by atoms with Crippen molar-refractivity contribution >= 4 is 83.6 Å². The number of aryl methyl sites for hydroxylation is 1. The van der Waals surface area contributed by atoms with Gasteiger partial charge < -0.3 is 0 Å². The first-order chi connectivity index (χ1) is 24.5. The van der Waals surface area contributed by atoms with E-state index in [0.717, 1.165) is 33.7 Å². The Balaban J connectivity index is 0.00000249. The van der Waals surface area contributed by atoms with Crippen LogP contribution >= 0.6 is 48.0 Å². The van der Waals surface area contributed by atoms with E-state index in [1.165, 1.54) is 68.4 Å². The van der Waals surface area contributed by atoms with Crippen LogP contribution in [0.2, 0.25) is 10.0 Å². The number of fused-ring (bicyclic) bond motifs is 5. The molecule has 0 aliphatic heterocycles. The molecule has 0 aromatic heterocycles. The molecule has 0 saturated heterocycles. The predicted molar refractivity (Wildman–Crippen MR) is 242 cm³/mol. The van der Waals surface area contributed by atoms with Gasteiger partial charge in [0.25, 0.3) is 0 Å². The standard InChI is InChI=1S/C23H29.2C10H6Cl.C5H5.CH2.2ClH.Zr/c1-14-9-16-11-17-10-15(2)21(23(6,7)8)13-19(17)18(16)12-20(14)22(3,4)5;2*11-10-7-3-5-8-4-1-2-6-9(8)10;1-2-4-5-3-1;;;;/h9,12-13H,11H2,1-8H3;2*1-3,5-7H;1-3H,4H2;1H2;2*1H;. The molecule has 2 aliphatic rings. The Morgan fingerprint density at radius 2 is 1.13 bits per heavy atom. The second-order valence-electron chi connectivity index (χ2n) is 17.5. The van der Waals surface area contributed by atoms with E-state index in [0.29, 0.717) is 0 Å². The normalized spacial score (nSPS) is 14.1. The fourth-order valence-electron chi connectivity index (χ4n) is 10.2. The SMILES string of the molecule is Cl.Cl.[CH2]=[Zr]([C]1=CC=CC1)([c]1c(C)c(C(C)(C)C)cc2c1Cc1cc(C)c(C(C)(C)C)cc1-2)([c]1cccc2c(Cl)cccc12)[c]1cccc2c(Cl)cccc12. The fraction of sp³-hybridized carbons (Fsp3) is 0.245. The van der Waals surface area contributed by atoms with Crippen molar-refractivity contribution < 1.29 is 18.3 Å². The fourth-order valence-corrected chi connectivity index (χ4v) is 28.6. The van der Waals surface area contributed by atoms with Crippen LogP contribution in [0.3, 0.4) is 0 Å². The second-order valence-corrected chi connectivity index (χ2v) is 30.9. The van der Waals surface area contributed by atoms with Gasteiger partial charge in [0, 0.05) is 0 Å². The van der Waals surface area contributed by atoms with E-state index < -0.39 is 18.3 Å². The quantitative estimate of drug-likeness (QED) is 0.165. The Bertz CT molecular complexity index is 2550. The van der Waals surface area contributed by atoms with Gasteiger partial charge in [0.1, 0.15) is 0 Å². The molecule has 0 saturated carbocycles. The third kappa shape index (κ3) is 5.82. The van der Waals surface area contributed by atoms with Crippen LogP contribution in [0.25, 0.3) is 32.7 Å². The maximum absolute atomic E-state index is 7.09. The Kier molecular flexibility index (Phi) is 10.6. The van der Waals surface area contributed by atoms with Crippen LogP contribution in [0.5, 0.6) is 0 Å². The summed E-state index contributed by atoms with van der Waals surface area (Å²) in [5.41, 5.74) is 11.1. The number of hydrogen-bond acceptors (Lipinski definition) is 0. The second kappa shape index (κ2) is 14.0. The number of hydrogen-bond donors (Lipinski definition) is 0. The molecule has 0 nitrogen and oxygen atoms in total. The molecule has 8 rings (SSSR count). The summed E-state index contributed by atoms with van der Waals surface area (Å²) >= 11 is 8.80. The molecule has 2 aliphatic carbocycles. The van der Waals surface area contributed by atoms with Crippen LogP contribution in [0.1, 0.15) is 81.3 Å². The molecular formula is C49H50Cl4Zr. The molecule has 54 heavy (non-hydrogen) atoms. The van der Waals surface area contributed by atoms with E-state index in [1.807, 2.05) is 12.1 Å². The molecule has 6 aromatic carbocycles. The van der Waals surface area contributed by atoms with Crippen LogP contribution in [0.15, 0.2) is 113 Å². The average Bonchev–Trinajstić information content (AvgIpc) is 3.75. The van der Waals surface area contributed by atoms with Crippen LogP contribution in [-0.2, 0) is 35.5 Å². The molecule has 6 aromatic rings. The summed E-state index contributed by atoms with van der Waals surface area (Å²) in [5, 5.41) is 6.07. The molecule has 0 bridgehead atoms. The van der Waals surface area contributed by atoms with Gasteiger partial charge in [-0.1, -0.05) is 0 Å². The van der Waals surface area contributed by atoms with Crippen molar-refractivity contribution in [3.05, 3.63) is 156 Å². The maximum atomic E-state index is 7.09. The van der Waals surface area contributed by atoms with Crippen molar-refractivity contribution in [3.8, 4) is 11.1 Å². The third-order valence-corrected chi connectivity index (χ3v) is 29.8. The third-order valence-electron chi connectivity index (χ3n) is 12.4. The van der Waals surface area contributed by atoms with E-state index in [2.05, 4.69) is 152 Å². The van der Waals surface area contributed by atoms with Crippen LogP contribution in [0, 0.1) is 13.8 Å². The summed E-state index contributed by atoms with van der Waals surface area (Å²) in [6.45, 7) is 18.8. The van der Waals surface area contributed by atoms with Gasteiger partial charge in [-0.15, -0.1) is 24.8 Å². The number of benzene rings is 6. The van der Waals surface area contributed by atoms with Gasteiger partial charge in [0.2, 0.25) is 0 Å². The average molecular weight is 872 g/mol. The topological polar surface area (TPSA) is 0 Å². The molecule has 278 valence electrons. The Morgan fingerprint density at radius 3 is 1.63 bits per heavy atom. The van der Waals surface area contributed by atoms with Gasteiger partial charge in [-0.3, -0.25) is 0 Å². The van der Waals surface area contributed by atoms with Gasteiger partial charge in [0.15, 0.2) is 0 Å².